The number of hydrogen-bond acceptors (Lipinski definition) is 2. The number of hydrogen-bond donors (Lipinski definition) is 0. The number of carbonyl (C=O) groups excluding carboxylic acids is 1. The van der Waals surface area contributed by atoms with Crippen LogP contribution in [-0.2, 0) is 5.88 Å². The average molecular weight is 328 g/mol. The summed E-state index contributed by atoms with van der Waals surface area (Å²) in [5, 5.41) is 0. The number of benzene rings is 1. The van der Waals surface area contributed by atoms with Crippen LogP contribution in [0.4, 0.5) is 8.78 Å². The van der Waals surface area contributed by atoms with E-state index in [0.29, 0.717) is 11.1 Å². The molecule has 94 valence electrons. The first-order valence-corrected chi connectivity index (χ1v) is 6.22. The minimum absolute atomic E-state index is 0.0421. The van der Waals surface area contributed by atoms with Gasteiger partial charge in [-0.3, -0.25) is 4.79 Å². The number of Topliss-reactive ketones (excluding diaryl/α,β-unsaturated/α-hetero) is 1. The van der Waals surface area contributed by atoms with Crippen LogP contribution in [0.5, 0.6) is 5.75 Å². The minimum Gasteiger partial charge on any atom is -0.434 e. The first-order chi connectivity index (χ1) is 7.95. The van der Waals surface area contributed by atoms with Crippen molar-refractivity contribution in [2.75, 3.05) is 0 Å². The first-order valence-electron chi connectivity index (χ1n) is 4.77. The molecule has 0 aliphatic carbocycles. The van der Waals surface area contributed by atoms with E-state index in [-0.39, 0.29) is 22.2 Å². The summed E-state index contributed by atoms with van der Waals surface area (Å²) in [5.74, 6) is -0.223. The van der Waals surface area contributed by atoms with Crippen LogP contribution >= 0.6 is 27.5 Å². The predicted molar refractivity (Wildman–Crippen MR) is 65.4 cm³/mol. The maximum atomic E-state index is 12.2. The third-order valence-electron chi connectivity index (χ3n) is 2.07. The van der Waals surface area contributed by atoms with Gasteiger partial charge in [-0.15, -0.1) is 11.6 Å². The largest absolute Gasteiger partial charge is 0.434 e. The van der Waals surface area contributed by atoms with Crippen LogP contribution in [0, 0.1) is 0 Å². The molecule has 17 heavy (non-hydrogen) atoms. The lowest BCUT2D eigenvalue weighted by Gasteiger charge is -2.11. The van der Waals surface area contributed by atoms with Gasteiger partial charge in [-0.05, 0) is 13.0 Å². The number of ketones is 1. The quantitative estimate of drug-likeness (QED) is 0.604. The van der Waals surface area contributed by atoms with E-state index in [1.807, 2.05) is 0 Å². The van der Waals surface area contributed by atoms with Crippen molar-refractivity contribution in [2.24, 2.45) is 0 Å². The summed E-state index contributed by atoms with van der Waals surface area (Å²) in [6, 6.07) is 4.33. The Hall–Kier alpha value is -0.680. The lowest BCUT2D eigenvalue weighted by molar-refractivity contribution is -0.0503. The zero-order chi connectivity index (χ0) is 13.0. The van der Waals surface area contributed by atoms with Crippen LogP contribution in [0.3, 0.4) is 0 Å². The molecule has 1 unspecified atom stereocenters. The van der Waals surface area contributed by atoms with Crippen LogP contribution < -0.4 is 4.74 Å². The fraction of sp³-hybridized carbons (Fsp3) is 0.364. The van der Waals surface area contributed by atoms with Crippen LogP contribution in [0.1, 0.15) is 22.8 Å². The molecule has 0 saturated carbocycles. The number of alkyl halides is 4. The summed E-state index contributed by atoms with van der Waals surface area (Å²) >= 11 is 8.71. The molecule has 1 atom stereocenters. The van der Waals surface area contributed by atoms with Gasteiger partial charge in [-0.25, -0.2) is 0 Å². The summed E-state index contributed by atoms with van der Waals surface area (Å²) in [6.07, 6.45) is 0. The smallest absolute Gasteiger partial charge is 0.387 e. The van der Waals surface area contributed by atoms with E-state index in [4.69, 9.17) is 11.6 Å². The highest BCUT2D eigenvalue weighted by Crippen LogP contribution is 2.25. The molecular formula is C11H10BrClF2O2. The Morgan fingerprint density at radius 2 is 2.18 bits per heavy atom. The van der Waals surface area contributed by atoms with Crippen molar-refractivity contribution in [3.8, 4) is 5.75 Å². The van der Waals surface area contributed by atoms with E-state index in [2.05, 4.69) is 20.7 Å². The third kappa shape index (κ3) is 3.92. The van der Waals surface area contributed by atoms with E-state index in [0.717, 1.165) is 0 Å². The van der Waals surface area contributed by atoms with E-state index in [1.54, 1.807) is 6.92 Å². The van der Waals surface area contributed by atoms with Crippen LogP contribution in [0.25, 0.3) is 0 Å². The highest BCUT2D eigenvalue weighted by Gasteiger charge is 2.16. The molecule has 2 nitrogen and oxygen atoms in total. The summed E-state index contributed by atoms with van der Waals surface area (Å²) in [4.78, 5) is 11.3. The van der Waals surface area contributed by atoms with Crippen LogP contribution in [-0.4, -0.2) is 17.2 Å². The van der Waals surface area contributed by atoms with E-state index < -0.39 is 6.61 Å². The summed E-state index contributed by atoms with van der Waals surface area (Å²) in [5.41, 5.74) is 0.727. The number of rotatable bonds is 5. The minimum atomic E-state index is -2.94. The maximum absolute atomic E-state index is 12.2. The van der Waals surface area contributed by atoms with Gasteiger partial charge in [0.25, 0.3) is 0 Å². The molecule has 0 saturated heterocycles. The predicted octanol–water partition coefficient (Wildman–Crippen LogP) is 3.99. The molecular weight excluding hydrogens is 317 g/mol. The molecule has 0 heterocycles. The Bertz CT molecular complexity index is 410. The zero-order valence-corrected chi connectivity index (χ0v) is 11.3. The van der Waals surface area contributed by atoms with Gasteiger partial charge in [0, 0.05) is 11.1 Å². The lowest BCUT2D eigenvalue weighted by Crippen LogP contribution is -2.11. The van der Waals surface area contributed by atoms with Crippen molar-refractivity contribution in [3.63, 3.8) is 0 Å². The Balaban J connectivity index is 3.08. The van der Waals surface area contributed by atoms with Crippen LogP contribution in [0.15, 0.2) is 18.2 Å². The summed E-state index contributed by atoms with van der Waals surface area (Å²) < 4.78 is 28.7. The fourth-order valence-corrected chi connectivity index (χ4v) is 1.74. The van der Waals surface area contributed by atoms with Gasteiger partial charge in [0.2, 0.25) is 0 Å². The van der Waals surface area contributed by atoms with Gasteiger partial charge in [-0.2, -0.15) is 8.78 Å². The molecule has 0 aliphatic heterocycles. The molecule has 0 radical (unpaired) electrons. The highest BCUT2D eigenvalue weighted by molar-refractivity contribution is 9.10. The van der Waals surface area contributed by atoms with Gasteiger partial charge < -0.3 is 4.74 Å². The number of halogens is 4. The van der Waals surface area contributed by atoms with Gasteiger partial charge in [0.15, 0.2) is 5.78 Å². The van der Waals surface area contributed by atoms with E-state index in [9.17, 15) is 13.6 Å². The second-order valence-corrected chi connectivity index (χ2v) is 4.96. The van der Waals surface area contributed by atoms with Gasteiger partial charge >= 0.3 is 6.61 Å². The monoisotopic (exact) mass is 326 g/mol. The molecule has 0 aromatic heterocycles. The highest BCUT2D eigenvalue weighted by atomic mass is 79.9. The molecule has 1 aromatic rings. The number of carbonyl (C=O) groups is 1. The van der Waals surface area contributed by atoms with Crippen molar-refractivity contribution in [1.82, 2.24) is 0 Å². The lowest BCUT2D eigenvalue weighted by atomic mass is 10.1. The Morgan fingerprint density at radius 3 is 2.65 bits per heavy atom. The van der Waals surface area contributed by atoms with Crippen molar-refractivity contribution >= 4 is 33.3 Å². The zero-order valence-electron chi connectivity index (χ0n) is 8.92. The second-order valence-electron chi connectivity index (χ2n) is 3.31. The SMILES string of the molecule is CC(Br)C(=O)c1ccc(CCl)c(OC(F)F)c1. The van der Waals surface area contributed by atoms with E-state index in [1.165, 1.54) is 18.2 Å². The third-order valence-corrected chi connectivity index (χ3v) is 2.78. The Kier molecular flexibility index (Phi) is 5.33. The Morgan fingerprint density at radius 1 is 1.53 bits per heavy atom. The summed E-state index contributed by atoms with van der Waals surface area (Å²) in [6.45, 7) is -1.28. The molecule has 6 heteroatoms. The van der Waals surface area contributed by atoms with Crippen molar-refractivity contribution in [2.45, 2.75) is 24.2 Å². The molecule has 0 N–H and O–H groups in total. The molecule has 0 fully saturated rings. The van der Waals surface area contributed by atoms with Gasteiger partial charge in [0.05, 0.1) is 10.7 Å². The van der Waals surface area contributed by atoms with Gasteiger partial charge in [0.1, 0.15) is 5.75 Å². The Labute approximate surface area is 111 Å². The van der Waals surface area contributed by atoms with E-state index >= 15 is 0 Å². The molecule has 0 bridgehead atoms. The normalized spacial score (nSPS) is 12.6. The van der Waals surface area contributed by atoms with Crippen molar-refractivity contribution < 1.29 is 18.3 Å². The topological polar surface area (TPSA) is 26.3 Å². The van der Waals surface area contributed by atoms with Gasteiger partial charge in [-0.1, -0.05) is 28.1 Å². The van der Waals surface area contributed by atoms with Crippen LogP contribution in [0.2, 0.25) is 0 Å². The first kappa shape index (κ1) is 14.4. The number of ether oxygens (including phenoxy) is 1. The molecule has 0 aliphatic rings. The fourth-order valence-electron chi connectivity index (χ4n) is 1.25. The van der Waals surface area contributed by atoms with Crippen molar-refractivity contribution in [1.29, 1.82) is 0 Å². The molecule has 0 amide bonds. The molecule has 1 rings (SSSR count). The summed E-state index contributed by atoms with van der Waals surface area (Å²) in [7, 11) is 0. The molecule has 0 spiro atoms. The van der Waals surface area contributed by atoms with Crippen molar-refractivity contribution in [3.05, 3.63) is 29.3 Å². The standard InChI is InChI=1S/C11H10BrClF2O2/c1-6(12)10(16)7-2-3-8(5-13)9(4-7)17-11(14)15/h2-4,6,11H,5H2,1H3. The maximum Gasteiger partial charge on any atom is 0.387 e. The second kappa shape index (κ2) is 6.31. The average Bonchev–Trinajstić information content (AvgIpc) is 2.27. The molecule has 1 aromatic carbocycles.